The number of benzene rings is 2. The minimum atomic E-state index is -1.58. The molecule has 0 aliphatic heterocycles. The molecule has 0 aromatic heterocycles. The third-order valence-electron chi connectivity index (χ3n) is 7.34. The summed E-state index contributed by atoms with van der Waals surface area (Å²) in [7, 11) is 0. The molecule has 0 saturated carbocycles. The van der Waals surface area contributed by atoms with E-state index in [9.17, 15) is 43.8 Å². The maximum absolute atomic E-state index is 13.7. The molecule has 2 rings (SSSR count). The maximum Gasteiger partial charge on any atom is 0.326 e. The Morgan fingerprint density at radius 1 is 0.592 bits per heavy atom. The van der Waals surface area contributed by atoms with Gasteiger partial charge in [-0.15, -0.1) is 0 Å². The van der Waals surface area contributed by atoms with E-state index < -0.39 is 91.0 Å². The average molecular weight is 702 g/mol. The second kappa shape index (κ2) is 21.1. The molecule has 0 saturated heterocycles. The number of nitrogens with one attached hydrogen (secondary N) is 4. The molecule has 0 bridgehead atoms. The van der Waals surface area contributed by atoms with E-state index in [1.54, 1.807) is 60.7 Å². The third kappa shape index (κ3) is 15.2. The number of hydrogen-bond donors (Lipinski definition) is 8. The topological polar surface area (TPSA) is 254 Å². The van der Waals surface area contributed by atoms with Gasteiger partial charge in [0.2, 0.25) is 23.6 Å². The molecular formula is C33H43N5O10S. The fourth-order valence-electron chi connectivity index (χ4n) is 4.65. The van der Waals surface area contributed by atoms with Gasteiger partial charge in [-0.05, 0) is 42.4 Å². The normalized spacial score (nSPS) is 13.8. The van der Waals surface area contributed by atoms with E-state index >= 15 is 0 Å². The van der Waals surface area contributed by atoms with Crippen LogP contribution in [-0.2, 0) is 46.4 Å². The van der Waals surface area contributed by atoms with Crippen LogP contribution >= 0.6 is 11.8 Å². The molecule has 0 aliphatic rings. The Kier molecular flexibility index (Phi) is 17.3. The van der Waals surface area contributed by atoms with E-state index in [4.69, 9.17) is 10.8 Å². The van der Waals surface area contributed by atoms with Crippen LogP contribution in [0.2, 0.25) is 0 Å². The second-order valence-electron chi connectivity index (χ2n) is 11.2. The quantitative estimate of drug-likeness (QED) is 0.0826. The lowest BCUT2D eigenvalue weighted by Crippen LogP contribution is -2.59. The van der Waals surface area contributed by atoms with Crippen molar-refractivity contribution in [3.8, 4) is 0 Å². The number of aliphatic carboxylic acids is 3. The number of carboxylic acid groups (broad SMARTS) is 3. The fraction of sp³-hybridized carbons (Fsp3) is 0.424. The van der Waals surface area contributed by atoms with Crippen LogP contribution in [0.4, 0.5) is 0 Å². The predicted octanol–water partition coefficient (Wildman–Crippen LogP) is 0.306. The van der Waals surface area contributed by atoms with Gasteiger partial charge in [0.1, 0.15) is 24.2 Å². The third-order valence-corrected chi connectivity index (χ3v) is 7.99. The summed E-state index contributed by atoms with van der Waals surface area (Å²) in [4.78, 5) is 87.8. The Balaban J connectivity index is 2.35. The predicted molar refractivity (Wildman–Crippen MR) is 180 cm³/mol. The zero-order valence-corrected chi connectivity index (χ0v) is 27.8. The van der Waals surface area contributed by atoms with Gasteiger partial charge in [0.05, 0.1) is 6.04 Å². The SMILES string of the molecule is CSCCC(N)C(=O)NC(Cc1ccccc1)C(=O)NC(CCC(=O)O)C(=O)NC(Cc1ccccc1)C(=O)NC(CCC(=O)O)C(=O)O. The largest absolute Gasteiger partial charge is 0.481 e. The highest BCUT2D eigenvalue weighted by Crippen LogP contribution is 2.10. The van der Waals surface area contributed by atoms with Gasteiger partial charge in [-0.2, -0.15) is 11.8 Å². The molecule has 0 fully saturated rings. The molecule has 9 N–H and O–H groups in total. The summed E-state index contributed by atoms with van der Waals surface area (Å²) < 4.78 is 0. The van der Waals surface area contributed by atoms with E-state index in [0.717, 1.165) is 0 Å². The molecule has 0 heterocycles. The van der Waals surface area contributed by atoms with Crippen LogP contribution in [0.3, 0.4) is 0 Å². The summed E-state index contributed by atoms with van der Waals surface area (Å²) in [5, 5.41) is 37.8. The van der Waals surface area contributed by atoms with Crippen LogP contribution in [0.15, 0.2) is 60.7 Å². The first-order valence-corrected chi connectivity index (χ1v) is 16.9. The number of rotatable bonds is 22. The van der Waals surface area contributed by atoms with Crippen molar-refractivity contribution in [3.63, 3.8) is 0 Å². The standard InChI is InChI=1S/C33H43N5O10S/c1-49-17-16-22(34)29(43)37-25(18-20-8-4-2-5-9-20)31(45)35-23(12-14-27(39)40)30(44)38-26(19-21-10-6-3-7-11-21)32(46)36-24(33(47)48)13-15-28(41)42/h2-11,22-26H,12-19,34H2,1H3,(H,35,45)(H,36,46)(H,37,43)(H,38,44)(H,39,40)(H,41,42)(H,47,48). The smallest absolute Gasteiger partial charge is 0.326 e. The van der Waals surface area contributed by atoms with Crippen LogP contribution in [-0.4, -0.2) is 99.1 Å². The Bertz CT molecular complexity index is 1430. The molecule has 4 amide bonds. The van der Waals surface area contributed by atoms with Gasteiger partial charge in [-0.1, -0.05) is 60.7 Å². The van der Waals surface area contributed by atoms with Crippen molar-refractivity contribution < 1.29 is 48.9 Å². The van der Waals surface area contributed by atoms with Gasteiger partial charge < -0.3 is 42.3 Å². The summed E-state index contributed by atoms with van der Waals surface area (Å²) in [5.74, 6) is -6.68. The average Bonchev–Trinajstić information content (AvgIpc) is 3.06. The highest BCUT2D eigenvalue weighted by Gasteiger charge is 2.32. The molecule has 0 spiro atoms. The van der Waals surface area contributed by atoms with E-state index in [-0.39, 0.29) is 19.3 Å². The number of amides is 4. The minimum Gasteiger partial charge on any atom is -0.481 e. The van der Waals surface area contributed by atoms with Crippen LogP contribution in [0.5, 0.6) is 0 Å². The van der Waals surface area contributed by atoms with Gasteiger partial charge >= 0.3 is 17.9 Å². The van der Waals surface area contributed by atoms with Gasteiger partial charge in [-0.3, -0.25) is 28.8 Å². The molecule has 49 heavy (non-hydrogen) atoms. The molecule has 266 valence electrons. The zero-order chi connectivity index (χ0) is 36.3. The van der Waals surface area contributed by atoms with Crippen molar-refractivity contribution in [2.45, 2.75) is 75.2 Å². The van der Waals surface area contributed by atoms with Crippen molar-refractivity contribution in [2.75, 3.05) is 12.0 Å². The van der Waals surface area contributed by atoms with Crippen molar-refractivity contribution in [1.29, 1.82) is 0 Å². The number of carboxylic acids is 3. The van der Waals surface area contributed by atoms with Crippen molar-refractivity contribution >= 4 is 53.3 Å². The highest BCUT2D eigenvalue weighted by molar-refractivity contribution is 7.98. The summed E-state index contributed by atoms with van der Waals surface area (Å²) in [6.07, 6.45) is 0.212. The van der Waals surface area contributed by atoms with Crippen molar-refractivity contribution in [1.82, 2.24) is 21.3 Å². The number of carbonyl (C=O) groups excluding carboxylic acids is 4. The van der Waals surface area contributed by atoms with E-state index in [1.807, 2.05) is 6.26 Å². The van der Waals surface area contributed by atoms with Crippen molar-refractivity contribution in [3.05, 3.63) is 71.8 Å². The van der Waals surface area contributed by atoms with Gasteiger partial charge in [0.25, 0.3) is 0 Å². The Labute approximate surface area is 287 Å². The molecule has 5 atom stereocenters. The van der Waals surface area contributed by atoms with E-state index in [1.165, 1.54) is 11.8 Å². The Hall–Kier alpha value is -4.96. The van der Waals surface area contributed by atoms with Gasteiger partial charge in [-0.25, -0.2) is 4.79 Å². The van der Waals surface area contributed by atoms with Crippen LogP contribution in [0.1, 0.15) is 43.2 Å². The number of thioether (sulfide) groups is 1. The second-order valence-corrected chi connectivity index (χ2v) is 12.2. The first-order chi connectivity index (χ1) is 23.3. The Morgan fingerprint density at radius 3 is 1.41 bits per heavy atom. The number of nitrogens with two attached hydrogens (primary N) is 1. The van der Waals surface area contributed by atoms with Crippen LogP contribution in [0, 0.1) is 0 Å². The first-order valence-electron chi connectivity index (χ1n) is 15.5. The zero-order valence-electron chi connectivity index (χ0n) is 27.0. The van der Waals surface area contributed by atoms with E-state index in [2.05, 4.69) is 21.3 Å². The summed E-state index contributed by atoms with van der Waals surface area (Å²) >= 11 is 1.50. The lowest BCUT2D eigenvalue weighted by molar-refractivity contribution is -0.143. The molecule has 5 unspecified atom stereocenters. The molecule has 2 aromatic rings. The summed E-state index contributed by atoms with van der Waals surface area (Å²) in [5.41, 5.74) is 7.28. The summed E-state index contributed by atoms with van der Waals surface area (Å²) in [6, 6.07) is 10.6. The number of hydrogen-bond acceptors (Lipinski definition) is 9. The monoisotopic (exact) mass is 701 g/mol. The number of carbonyl (C=O) groups is 7. The molecule has 0 radical (unpaired) electrons. The fourth-order valence-corrected chi connectivity index (χ4v) is 5.14. The lowest BCUT2D eigenvalue weighted by atomic mass is 10.0. The Morgan fingerprint density at radius 2 is 0.980 bits per heavy atom. The molecular weight excluding hydrogens is 658 g/mol. The van der Waals surface area contributed by atoms with E-state index in [0.29, 0.717) is 23.3 Å². The first kappa shape index (κ1) is 40.2. The maximum atomic E-state index is 13.7. The molecule has 16 heteroatoms. The molecule has 15 nitrogen and oxygen atoms in total. The van der Waals surface area contributed by atoms with Gasteiger partial charge in [0.15, 0.2) is 0 Å². The van der Waals surface area contributed by atoms with Crippen LogP contribution in [0.25, 0.3) is 0 Å². The summed E-state index contributed by atoms with van der Waals surface area (Å²) in [6.45, 7) is 0. The highest BCUT2D eigenvalue weighted by atomic mass is 32.2. The minimum absolute atomic E-state index is 0.0207. The molecule has 2 aromatic carbocycles. The van der Waals surface area contributed by atoms with Crippen LogP contribution < -0.4 is 27.0 Å². The van der Waals surface area contributed by atoms with Gasteiger partial charge in [0, 0.05) is 25.7 Å². The molecule has 0 aliphatic carbocycles. The lowest BCUT2D eigenvalue weighted by Gasteiger charge is -2.26. The van der Waals surface area contributed by atoms with Crippen molar-refractivity contribution in [2.24, 2.45) is 5.73 Å².